The van der Waals surface area contributed by atoms with Gasteiger partial charge in [0.25, 0.3) is 0 Å². The number of phenolic OH excluding ortho intramolecular Hbond substituents is 1. The van der Waals surface area contributed by atoms with Crippen LogP contribution in [0.1, 0.15) is 21.7 Å². The van der Waals surface area contributed by atoms with E-state index >= 15 is 0 Å². The van der Waals surface area contributed by atoms with Crippen LogP contribution in [-0.2, 0) is 11.9 Å². The SMILES string of the molecule is Cc1cc(SCc2sc(-c3ccc(C(F)(F)F)c(F)c3)nc2C)ccc1O. The Labute approximate surface area is 161 Å². The van der Waals surface area contributed by atoms with Crippen molar-refractivity contribution in [2.24, 2.45) is 0 Å². The number of thiazole rings is 1. The van der Waals surface area contributed by atoms with Crippen LogP contribution in [-0.4, -0.2) is 10.1 Å². The molecule has 8 heteroatoms. The normalized spacial score (nSPS) is 11.8. The number of phenols is 1. The number of hydrogen-bond acceptors (Lipinski definition) is 4. The van der Waals surface area contributed by atoms with Gasteiger partial charge in [-0.15, -0.1) is 23.1 Å². The lowest BCUT2D eigenvalue weighted by molar-refractivity contribution is -0.139. The molecule has 3 aromatic rings. The Kier molecular flexibility index (Phi) is 5.48. The molecule has 0 aliphatic carbocycles. The lowest BCUT2D eigenvalue weighted by Crippen LogP contribution is -2.07. The summed E-state index contributed by atoms with van der Waals surface area (Å²) >= 11 is 2.90. The molecule has 0 amide bonds. The molecule has 2 aromatic carbocycles. The van der Waals surface area contributed by atoms with E-state index in [0.717, 1.165) is 33.2 Å². The number of aryl methyl sites for hydroxylation is 2. The summed E-state index contributed by atoms with van der Waals surface area (Å²) in [5.41, 5.74) is 0.587. The van der Waals surface area contributed by atoms with Crippen molar-refractivity contribution in [3.8, 4) is 16.3 Å². The summed E-state index contributed by atoms with van der Waals surface area (Å²) < 4.78 is 51.9. The zero-order valence-electron chi connectivity index (χ0n) is 14.4. The Morgan fingerprint density at radius 2 is 1.85 bits per heavy atom. The van der Waals surface area contributed by atoms with E-state index in [4.69, 9.17) is 0 Å². The van der Waals surface area contributed by atoms with Crippen molar-refractivity contribution < 1.29 is 22.7 Å². The Hall–Kier alpha value is -2.06. The number of nitrogens with zero attached hydrogens (tertiary/aromatic N) is 1. The third kappa shape index (κ3) is 4.44. The summed E-state index contributed by atoms with van der Waals surface area (Å²) in [6, 6.07) is 8.19. The maximum Gasteiger partial charge on any atom is 0.419 e. The van der Waals surface area contributed by atoms with Gasteiger partial charge in [-0.3, -0.25) is 0 Å². The third-order valence-electron chi connectivity index (χ3n) is 3.95. The first-order valence-corrected chi connectivity index (χ1v) is 9.71. The third-order valence-corrected chi connectivity index (χ3v) is 6.36. The fourth-order valence-corrected chi connectivity index (χ4v) is 4.63. The molecule has 0 saturated heterocycles. The minimum Gasteiger partial charge on any atom is -0.508 e. The second-order valence-corrected chi connectivity index (χ2v) is 8.09. The van der Waals surface area contributed by atoms with Gasteiger partial charge in [-0.05, 0) is 49.7 Å². The predicted octanol–water partition coefficient (Wildman–Crippen LogP) is 6.58. The molecular formula is C19H15F4NOS2. The summed E-state index contributed by atoms with van der Waals surface area (Å²) in [6.07, 6.45) is -4.72. The first kappa shape index (κ1) is 19.7. The topological polar surface area (TPSA) is 33.1 Å². The van der Waals surface area contributed by atoms with Crippen LogP contribution in [0.2, 0.25) is 0 Å². The number of alkyl halides is 3. The number of thioether (sulfide) groups is 1. The van der Waals surface area contributed by atoms with Gasteiger partial charge in [0.05, 0.1) is 11.3 Å². The van der Waals surface area contributed by atoms with Gasteiger partial charge in [0.2, 0.25) is 0 Å². The molecule has 0 aliphatic rings. The number of aromatic hydroxyl groups is 1. The Morgan fingerprint density at radius 3 is 2.48 bits per heavy atom. The number of aromatic nitrogens is 1. The number of halogens is 4. The summed E-state index contributed by atoms with van der Waals surface area (Å²) in [6.45, 7) is 3.63. The number of hydrogen-bond donors (Lipinski definition) is 1. The van der Waals surface area contributed by atoms with Crippen LogP contribution in [0.4, 0.5) is 17.6 Å². The largest absolute Gasteiger partial charge is 0.508 e. The van der Waals surface area contributed by atoms with Crippen molar-refractivity contribution in [2.45, 2.75) is 30.7 Å². The van der Waals surface area contributed by atoms with Gasteiger partial charge in [-0.25, -0.2) is 9.37 Å². The molecule has 0 radical (unpaired) electrons. The van der Waals surface area contributed by atoms with E-state index < -0.39 is 17.6 Å². The Morgan fingerprint density at radius 1 is 1.11 bits per heavy atom. The summed E-state index contributed by atoms with van der Waals surface area (Å²) in [7, 11) is 0. The van der Waals surface area contributed by atoms with Crippen LogP contribution in [0.15, 0.2) is 41.3 Å². The molecule has 27 heavy (non-hydrogen) atoms. The van der Waals surface area contributed by atoms with Gasteiger partial charge in [-0.2, -0.15) is 13.2 Å². The van der Waals surface area contributed by atoms with Gasteiger partial charge < -0.3 is 5.11 Å². The van der Waals surface area contributed by atoms with Crippen LogP contribution in [0.25, 0.3) is 10.6 Å². The van der Waals surface area contributed by atoms with Crippen molar-refractivity contribution in [1.82, 2.24) is 4.98 Å². The lowest BCUT2D eigenvalue weighted by Gasteiger charge is -2.08. The van der Waals surface area contributed by atoms with Crippen molar-refractivity contribution in [1.29, 1.82) is 0 Å². The molecule has 1 N–H and O–H groups in total. The molecule has 0 unspecified atom stereocenters. The smallest absolute Gasteiger partial charge is 0.419 e. The van der Waals surface area contributed by atoms with E-state index in [1.54, 1.807) is 17.8 Å². The molecule has 0 bridgehead atoms. The highest BCUT2D eigenvalue weighted by atomic mass is 32.2. The molecule has 0 saturated carbocycles. The van der Waals surface area contributed by atoms with Crippen molar-refractivity contribution in [2.75, 3.05) is 0 Å². The van der Waals surface area contributed by atoms with Gasteiger partial charge in [0.1, 0.15) is 16.6 Å². The molecule has 0 atom stereocenters. The van der Waals surface area contributed by atoms with E-state index in [-0.39, 0.29) is 5.75 Å². The average molecular weight is 413 g/mol. The molecular weight excluding hydrogens is 398 g/mol. The van der Waals surface area contributed by atoms with Crippen molar-refractivity contribution in [3.05, 3.63) is 63.9 Å². The quantitative estimate of drug-likeness (QED) is 0.387. The number of rotatable bonds is 4. The minimum atomic E-state index is -4.72. The van der Waals surface area contributed by atoms with E-state index in [1.165, 1.54) is 17.4 Å². The van der Waals surface area contributed by atoms with E-state index in [9.17, 15) is 22.7 Å². The number of benzene rings is 2. The highest BCUT2D eigenvalue weighted by molar-refractivity contribution is 7.98. The van der Waals surface area contributed by atoms with E-state index in [2.05, 4.69) is 4.98 Å². The van der Waals surface area contributed by atoms with Gasteiger partial charge in [0, 0.05) is 21.1 Å². The van der Waals surface area contributed by atoms with E-state index in [1.807, 2.05) is 26.0 Å². The van der Waals surface area contributed by atoms with Crippen LogP contribution >= 0.6 is 23.1 Å². The molecule has 142 valence electrons. The van der Waals surface area contributed by atoms with Crippen LogP contribution in [0.3, 0.4) is 0 Å². The second-order valence-electron chi connectivity index (χ2n) is 5.96. The van der Waals surface area contributed by atoms with Crippen molar-refractivity contribution >= 4 is 23.1 Å². The van der Waals surface area contributed by atoms with Gasteiger partial charge in [0.15, 0.2) is 0 Å². The highest BCUT2D eigenvalue weighted by Gasteiger charge is 2.34. The monoisotopic (exact) mass is 413 g/mol. The van der Waals surface area contributed by atoms with Gasteiger partial charge in [-0.1, -0.05) is 6.07 Å². The van der Waals surface area contributed by atoms with Crippen molar-refractivity contribution in [3.63, 3.8) is 0 Å². The Balaban J connectivity index is 1.80. The standard InChI is InChI=1S/C19H15F4NOS2/c1-10-7-13(4-6-16(10)25)26-9-17-11(2)24-18(27-17)12-3-5-14(15(20)8-12)19(21,22)23/h3-8,25H,9H2,1-2H3. The maximum absolute atomic E-state index is 13.8. The maximum atomic E-state index is 13.8. The fourth-order valence-electron chi connectivity index (χ4n) is 2.43. The minimum absolute atomic E-state index is 0.236. The summed E-state index contributed by atoms with van der Waals surface area (Å²) in [4.78, 5) is 6.32. The molecule has 1 heterocycles. The summed E-state index contributed by atoms with van der Waals surface area (Å²) in [5, 5.41) is 10.1. The van der Waals surface area contributed by atoms with Crippen LogP contribution < -0.4 is 0 Å². The second kappa shape index (κ2) is 7.52. The summed E-state index contributed by atoms with van der Waals surface area (Å²) in [5.74, 6) is -0.445. The molecule has 2 nitrogen and oxygen atoms in total. The fraction of sp³-hybridized carbons (Fsp3) is 0.211. The highest BCUT2D eigenvalue weighted by Crippen LogP contribution is 2.36. The molecule has 0 spiro atoms. The zero-order chi connectivity index (χ0) is 19.8. The van der Waals surface area contributed by atoms with Gasteiger partial charge >= 0.3 is 6.18 Å². The Bertz CT molecular complexity index is 982. The van der Waals surface area contributed by atoms with E-state index in [0.29, 0.717) is 16.3 Å². The first-order chi connectivity index (χ1) is 12.6. The molecule has 0 fully saturated rings. The molecule has 0 aliphatic heterocycles. The van der Waals surface area contributed by atoms with Crippen LogP contribution in [0.5, 0.6) is 5.75 Å². The van der Waals surface area contributed by atoms with Crippen LogP contribution in [0, 0.1) is 19.7 Å². The predicted molar refractivity (Wildman–Crippen MR) is 99.7 cm³/mol. The molecule has 1 aromatic heterocycles. The zero-order valence-corrected chi connectivity index (χ0v) is 16.0. The lowest BCUT2D eigenvalue weighted by atomic mass is 10.1. The molecule has 3 rings (SSSR count). The average Bonchev–Trinajstić information content (AvgIpc) is 2.95. The first-order valence-electron chi connectivity index (χ1n) is 7.91.